The van der Waals surface area contributed by atoms with Crippen LogP contribution in [0.25, 0.3) is 0 Å². The van der Waals surface area contributed by atoms with Gasteiger partial charge in [0.2, 0.25) is 0 Å². The third-order valence-electron chi connectivity index (χ3n) is 8.31. The molecule has 0 aliphatic carbocycles. The molecule has 0 fully saturated rings. The van der Waals surface area contributed by atoms with Gasteiger partial charge in [-0.15, -0.1) is 0 Å². The largest absolute Gasteiger partial charge is 0.393 e. The summed E-state index contributed by atoms with van der Waals surface area (Å²) in [6, 6.07) is 19.0. The van der Waals surface area contributed by atoms with Gasteiger partial charge in [-0.2, -0.15) is 10.1 Å². The van der Waals surface area contributed by atoms with E-state index >= 15 is 0 Å². The third kappa shape index (κ3) is 15.6. The molecule has 0 bridgehead atoms. The smallest absolute Gasteiger partial charge is 0.350 e. The first-order valence-electron chi connectivity index (χ1n) is 19.8. The van der Waals surface area contributed by atoms with Gasteiger partial charge in [0.15, 0.2) is 0 Å². The maximum atomic E-state index is 13.8. The second-order valence-corrected chi connectivity index (χ2v) is 21.8. The van der Waals surface area contributed by atoms with E-state index in [-0.39, 0.29) is 39.6 Å². The number of rotatable bonds is 20. The maximum Gasteiger partial charge on any atom is 0.350 e. The van der Waals surface area contributed by atoms with Crippen molar-refractivity contribution >= 4 is 15.2 Å². The first-order chi connectivity index (χ1) is 25.8. The van der Waals surface area contributed by atoms with Gasteiger partial charge in [0, 0.05) is 11.1 Å². The van der Waals surface area contributed by atoms with Crippen molar-refractivity contribution in [3.63, 3.8) is 0 Å². The van der Waals surface area contributed by atoms with Gasteiger partial charge in [0.25, 0.3) is 0 Å². The van der Waals surface area contributed by atoms with Gasteiger partial charge in [-0.3, -0.25) is 18.8 Å². The van der Waals surface area contributed by atoms with Crippen molar-refractivity contribution in [1.29, 1.82) is 0 Å². The molecule has 56 heavy (non-hydrogen) atoms. The van der Waals surface area contributed by atoms with Crippen LogP contribution in [0.1, 0.15) is 134 Å². The van der Waals surface area contributed by atoms with Crippen molar-refractivity contribution in [1.82, 2.24) is 10.1 Å². The number of hydroxylamine groups is 4. The Bertz CT molecular complexity index is 1340. The quantitative estimate of drug-likeness (QED) is 0.0971. The minimum Gasteiger partial charge on any atom is -0.393 e. The molecule has 0 saturated heterocycles. The lowest BCUT2D eigenvalue weighted by Gasteiger charge is -2.48. The molecule has 0 aliphatic heterocycles. The normalized spacial score (nSPS) is 15.6. The van der Waals surface area contributed by atoms with Crippen molar-refractivity contribution in [3.8, 4) is 0 Å². The summed E-state index contributed by atoms with van der Waals surface area (Å²) in [7, 11) is -7.09. The van der Waals surface area contributed by atoms with Crippen LogP contribution >= 0.6 is 15.2 Å². The second kappa shape index (κ2) is 22.8. The van der Waals surface area contributed by atoms with Crippen LogP contribution in [-0.4, -0.2) is 82.6 Å². The van der Waals surface area contributed by atoms with Crippen molar-refractivity contribution in [2.24, 2.45) is 10.8 Å². The lowest BCUT2D eigenvalue weighted by atomic mass is 9.94. The predicted molar refractivity (Wildman–Crippen MR) is 226 cm³/mol. The van der Waals surface area contributed by atoms with Crippen molar-refractivity contribution < 1.29 is 47.1 Å². The number of hydrogen-bond acceptors (Lipinski definition) is 12. The highest BCUT2D eigenvalue weighted by Gasteiger charge is 2.53. The highest BCUT2D eigenvalue weighted by Crippen LogP contribution is 2.62. The van der Waals surface area contributed by atoms with Gasteiger partial charge in [0.1, 0.15) is 23.8 Å². The molecule has 12 nitrogen and oxygen atoms in total. The molecule has 0 heterocycles. The summed E-state index contributed by atoms with van der Waals surface area (Å²) in [6.07, 6.45) is -1.19. The van der Waals surface area contributed by atoms with Crippen LogP contribution in [0.3, 0.4) is 0 Å². The van der Waals surface area contributed by atoms with E-state index in [1.165, 1.54) is 0 Å². The number of nitrogens with zero attached hydrogens (tertiary/aromatic N) is 2. The van der Waals surface area contributed by atoms with Crippen LogP contribution in [0.5, 0.6) is 0 Å². The summed E-state index contributed by atoms with van der Waals surface area (Å²) in [5.74, 6) is -1.34. The monoisotopic (exact) mass is 830 g/mol. The van der Waals surface area contributed by atoms with E-state index in [1.807, 2.05) is 144 Å². The van der Waals surface area contributed by atoms with E-state index in [4.69, 9.17) is 27.8 Å². The molecular formula is C42H76N2O10P2. The molecule has 2 N–H and O–H groups in total. The van der Waals surface area contributed by atoms with Crippen LogP contribution in [0.15, 0.2) is 60.7 Å². The molecule has 2 rings (SSSR count). The van der Waals surface area contributed by atoms with Gasteiger partial charge in [-0.1, -0.05) is 102 Å². The molecule has 0 saturated carbocycles. The van der Waals surface area contributed by atoms with E-state index < -0.39 is 60.9 Å². The number of benzene rings is 2. The molecule has 0 aromatic heterocycles. The van der Waals surface area contributed by atoms with E-state index in [1.54, 1.807) is 37.8 Å². The topological polar surface area (TPSA) is 136 Å². The van der Waals surface area contributed by atoms with Crippen LogP contribution in [0, 0.1) is 10.8 Å². The standard InChI is InChI=1S/2C21H38NO5P/c2*1-9-25-28(24,26-10-2)19(20(3,4)5)22(21(6,7)8)27-18(16-23)17-14-12-11-13-15-17/h2*11-15,18-19,23H,9-10,16H2,1-8H3/t2*18-,19+/m10/s1. The van der Waals surface area contributed by atoms with Crippen molar-refractivity contribution in [2.45, 2.75) is 146 Å². The van der Waals surface area contributed by atoms with E-state index in [0.717, 1.165) is 11.1 Å². The average Bonchev–Trinajstić information content (AvgIpc) is 3.07. The summed E-state index contributed by atoms with van der Waals surface area (Å²) in [5.41, 5.74) is -0.328. The average molecular weight is 831 g/mol. The van der Waals surface area contributed by atoms with Crippen LogP contribution < -0.4 is 0 Å². The Hall–Kier alpha value is -1.50. The lowest BCUT2D eigenvalue weighted by molar-refractivity contribution is -0.274. The molecule has 4 atom stereocenters. The van der Waals surface area contributed by atoms with E-state index in [2.05, 4.69) is 0 Å². The zero-order valence-electron chi connectivity index (χ0n) is 37.3. The molecule has 2 aromatic rings. The Balaban J connectivity index is 0.000000560. The fraction of sp³-hybridized carbons (Fsp3) is 0.714. The Morgan fingerprint density at radius 3 is 0.929 bits per heavy atom. The zero-order valence-corrected chi connectivity index (χ0v) is 39.1. The molecule has 2 aromatic carbocycles. The molecule has 324 valence electrons. The summed E-state index contributed by atoms with van der Waals surface area (Å²) >= 11 is 0. The molecule has 0 radical (unpaired) electrons. The molecule has 0 aliphatic rings. The molecule has 0 spiro atoms. The van der Waals surface area contributed by atoms with Gasteiger partial charge in [-0.05, 0) is 91.2 Å². The SMILES string of the molecule is CCOP(=O)(OCC)[C@@H](N(O[C@@H](CO)c1ccccc1)C(C)(C)C)C(C)(C)C.CCOP(=O)(OCC)[C@H](N(O[C@H](CO)c1ccccc1)C(C)(C)C)C(C)(C)C. The van der Waals surface area contributed by atoms with E-state index in [9.17, 15) is 19.3 Å². The predicted octanol–water partition coefficient (Wildman–Crippen LogP) is 10.8. The number of aliphatic hydroxyl groups is 2. The molecule has 0 amide bonds. The van der Waals surface area contributed by atoms with Crippen LogP contribution in [0.4, 0.5) is 0 Å². The minimum atomic E-state index is -3.54. The van der Waals surface area contributed by atoms with E-state index in [0.29, 0.717) is 0 Å². The van der Waals surface area contributed by atoms with Crippen LogP contribution in [0.2, 0.25) is 0 Å². The Morgan fingerprint density at radius 1 is 0.500 bits per heavy atom. The first-order valence-corrected chi connectivity index (χ1v) is 23.0. The van der Waals surface area contributed by atoms with Crippen molar-refractivity contribution in [3.05, 3.63) is 71.8 Å². The third-order valence-corrected chi connectivity index (χ3v) is 13.9. The molecule has 14 heteroatoms. The van der Waals surface area contributed by atoms with Gasteiger partial charge >= 0.3 is 15.2 Å². The fourth-order valence-electron chi connectivity index (χ4n) is 6.16. The Morgan fingerprint density at radius 2 is 0.750 bits per heavy atom. The lowest BCUT2D eigenvalue weighted by Crippen LogP contribution is -2.54. The Kier molecular flexibility index (Phi) is 21.3. The maximum absolute atomic E-state index is 13.8. The zero-order chi connectivity index (χ0) is 43.2. The van der Waals surface area contributed by atoms with Crippen molar-refractivity contribution in [2.75, 3.05) is 39.6 Å². The Labute approximate surface area is 339 Å². The summed E-state index contributed by atoms with van der Waals surface area (Å²) in [4.78, 5) is 12.7. The summed E-state index contributed by atoms with van der Waals surface area (Å²) in [5, 5.41) is 23.4. The van der Waals surface area contributed by atoms with Gasteiger partial charge in [-0.25, -0.2) is 0 Å². The highest BCUT2D eigenvalue weighted by molar-refractivity contribution is 7.55. The summed E-state index contributed by atoms with van der Waals surface area (Å²) < 4.78 is 50.5. The van der Waals surface area contributed by atoms with Crippen LogP contribution in [-0.2, 0) is 36.9 Å². The first kappa shape index (κ1) is 52.5. The fourth-order valence-corrected chi connectivity index (χ4v) is 11.5. The second-order valence-electron chi connectivity index (χ2n) is 17.6. The van der Waals surface area contributed by atoms with Gasteiger partial charge < -0.3 is 28.3 Å². The molecular weight excluding hydrogens is 754 g/mol. The summed E-state index contributed by atoms with van der Waals surface area (Å²) in [6.45, 7) is 31.7. The number of aliphatic hydroxyl groups excluding tert-OH is 2. The van der Waals surface area contributed by atoms with Gasteiger partial charge in [0.05, 0.1) is 39.6 Å². The minimum absolute atomic E-state index is 0.207. The molecule has 0 unspecified atom stereocenters. The number of hydrogen-bond donors (Lipinski definition) is 2. The highest BCUT2D eigenvalue weighted by atomic mass is 31.2.